The summed E-state index contributed by atoms with van der Waals surface area (Å²) >= 11 is 0. The van der Waals surface area contributed by atoms with E-state index in [1.54, 1.807) is 24.5 Å². The number of aromatic nitrogens is 2. The highest BCUT2D eigenvalue weighted by Gasteiger charge is 2.39. The van der Waals surface area contributed by atoms with E-state index in [4.69, 9.17) is 0 Å². The molecule has 2 rings (SSSR count). The normalized spacial score (nSPS) is 25.1. The van der Waals surface area contributed by atoms with Gasteiger partial charge in [0, 0.05) is 17.8 Å². The molecule has 1 aliphatic rings. The summed E-state index contributed by atoms with van der Waals surface area (Å²) in [7, 11) is 0. The van der Waals surface area contributed by atoms with Crippen LogP contribution in [0, 0.1) is 11.8 Å². The first-order valence-corrected chi connectivity index (χ1v) is 6.83. The van der Waals surface area contributed by atoms with E-state index in [0.717, 1.165) is 12.1 Å². The van der Waals surface area contributed by atoms with Crippen molar-refractivity contribution in [1.29, 1.82) is 0 Å². The summed E-state index contributed by atoms with van der Waals surface area (Å²) in [6.07, 6.45) is 11.6. The lowest BCUT2D eigenvalue weighted by atomic mass is 9.72. The molecule has 20 heavy (non-hydrogen) atoms. The second-order valence-corrected chi connectivity index (χ2v) is 5.83. The van der Waals surface area contributed by atoms with E-state index in [9.17, 15) is 9.90 Å². The molecule has 1 aliphatic carbocycles. The van der Waals surface area contributed by atoms with Gasteiger partial charge in [-0.15, -0.1) is 0 Å². The standard InChI is InChI=1S/C16H20N2O2/c1-11(2)8-12-9-18-14(10-17-12)16(3)7-5-4-6-13(16)15(19)20/h4-7,9-11,13H,8H2,1-3H3,(H,19,20). The third-order valence-electron chi connectivity index (χ3n) is 3.64. The van der Waals surface area contributed by atoms with Crippen LogP contribution >= 0.6 is 0 Å². The molecule has 106 valence electrons. The smallest absolute Gasteiger partial charge is 0.311 e. The van der Waals surface area contributed by atoms with E-state index in [0.29, 0.717) is 11.6 Å². The number of aliphatic carboxylic acids is 1. The molecule has 4 heteroatoms. The number of nitrogens with zero attached hydrogens (tertiary/aromatic N) is 2. The molecule has 0 saturated heterocycles. The van der Waals surface area contributed by atoms with Crippen molar-refractivity contribution in [2.24, 2.45) is 11.8 Å². The van der Waals surface area contributed by atoms with Gasteiger partial charge in [0.1, 0.15) is 0 Å². The van der Waals surface area contributed by atoms with Crippen LogP contribution in [0.3, 0.4) is 0 Å². The number of carbonyl (C=O) groups is 1. The zero-order valence-electron chi connectivity index (χ0n) is 12.1. The predicted molar refractivity (Wildman–Crippen MR) is 77.3 cm³/mol. The van der Waals surface area contributed by atoms with Crippen LogP contribution in [0.4, 0.5) is 0 Å². The molecule has 0 fully saturated rings. The van der Waals surface area contributed by atoms with Crippen LogP contribution in [0.15, 0.2) is 36.7 Å². The molecule has 1 heterocycles. The lowest BCUT2D eigenvalue weighted by molar-refractivity contribution is -0.141. The minimum Gasteiger partial charge on any atom is -0.481 e. The number of hydrogen-bond acceptors (Lipinski definition) is 3. The molecule has 0 aliphatic heterocycles. The molecular formula is C16H20N2O2. The Bertz CT molecular complexity index is 546. The average molecular weight is 272 g/mol. The SMILES string of the molecule is CC(C)Cc1cnc(C2(C)C=CC=CC2C(=O)O)cn1. The molecule has 0 radical (unpaired) electrons. The Morgan fingerprint density at radius 3 is 2.65 bits per heavy atom. The van der Waals surface area contributed by atoms with Gasteiger partial charge in [0.05, 0.1) is 17.3 Å². The lowest BCUT2D eigenvalue weighted by Crippen LogP contribution is -2.36. The molecule has 0 spiro atoms. The van der Waals surface area contributed by atoms with Gasteiger partial charge >= 0.3 is 5.97 Å². The van der Waals surface area contributed by atoms with Crippen molar-refractivity contribution in [1.82, 2.24) is 9.97 Å². The van der Waals surface area contributed by atoms with E-state index >= 15 is 0 Å². The van der Waals surface area contributed by atoms with Crippen LogP contribution in [0.25, 0.3) is 0 Å². The van der Waals surface area contributed by atoms with E-state index < -0.39 is 17.3 Å². The van der Waals surface area contributed by atoms with Gasteiger partial charge in [0.25, 0.3) is 0 Å². The van der Waals surface area contributed by atoms with Crippen molar-refractivity contribution in [3.8, 4) is 0 Å². The first-order chi connectivity index (χ1) is 9.43. The molecule has 1 aromatic rings. The number of carboxylic acids is 1. The lowest BCUT2D eigenvalue weighted by Gasteiger charge is -2.31. The van der Waals surface area contributed by atoms with Crippen molar-refractivity contribution in [2.75, 3.05) is 0 Å². The summed E-state index contributed by atoms with van der Waals surface area (Å²) in [6, 6.07) is 0. The van der Waals surface area contributed by atoms with Crippen LogP contribution < -0.4 is 0 Å². The maximum absolute atomic E-state index is 11.4. The Morgan fingerprint density at radius 2 is 2.10 bits per heavy atom. The van der Waals surface area contributed by atoms with Crippen molar-refractivity contribution in [3.05, 3.63) is 48.1 Å². The van der Waals surface area contributed by atoms with Crippen molar-refractivity contribution in [3.63, 3.8) is 0 Å². The third-order valence-corrected chi connectivity index (χ3v) is 3.64. The third kappa shape index (κ3) is 2.79. The van der Waals surface area contributed by atoms with Crippen LogP contribution in [0.5, 0.6) is 0 Å². The molecular weight excluding hydrogens is 252 g/mol. The first kappa shape index (κ1) is 14.4. The van der Waals surface area contributed by atoms with Gasteiger partial charge in [0.15, 0.2) is 0 Å². The molecule has 4 nitrogen and oxygen atoms in total. The Hall–Kier alpha value is -1.97. The molecule has 0 amide bonds. The number of hydrogen-bond donors (Lipinski definition) is 1. The minimum absolute atomic E-state index is 0.523. The molecule has 2 atom stereocenters. The molecule has 1 N–H and O–H groups in total. The zero-order chi connectivity index (χ0) is 14.8. The van der Waals surface area contributed by atoms with E-state index in [-0.39, 0.29) is 0 Å². The molecule has 0 saturated carbocycles. The fraction of sp³-hybridized carbons (Fsp3) is 0.438. The summed E-state index contributed by atoms with van der Waals surface area (Å²) in [5.41, 5.74) is 0.983. The Labute approximate surface area is 119 Å². The van der Waals surface area contributed by atoms with Gasteiger partial charge in [-0.2, -0.15) is 0 Å². The second kappa shape index (κ2) is 5.57. The maximum atomic E-state index is 11.4. The Morgan fingerprint density at radius 1 is 1.35 bits per heavy atom. The summed E-state index contributed by atoms with van der Waals surface area (Å²) in [4.78, 5) is 20.3. The van der Waals surface area contributed by atoms with Gasteiger partial charge in [-0.3, -0.25) is 14.8 Å². The number of allylic oxidation sites excluding steroid dienone is 3. The van der Waals surface area contributed by atoms with Crippen LogP contribution in [0.2, 0.25) is 0 Å². The average Bonchev–Trinajstić information content (AvgIpc) is 2.38. The van der Waals surface area contributed by atoms with E-state index in [2.05, 4.69) is 23.8 Å². The molecule has 0 bridgehead atoms. The predicted octanol–water partition coefficient (Wildman–Crippen LogP) is 2.76. The number of rotatable bonds is 4. The van der Waals surface area contributed by atoms with Gasteiger partial charge in [-0.1, -0.05) is 38.2 Å². The van der Waals surface area contributed by atoms with Crippen molar-refractivity contribution < 1.29 is 9.90 Å². The van der Waals surface area contributed by atoms with E-state index in [1.165, 1.54) is 0 Å². The molecule has 1 aromatic heterocycles. The van der Waals surface area contributed by atoms with Gasteiger partial charge in [-0.05, 0) is 19.3 Å². The monoisotopic (exact) mass is 272 g/mol. The van der Waals surface area contributed by atoms with Crippen LogP contribution in [0.1, 0.15) is 32.2 Å². The van der Waals surface area contributed by atoms with Crippen molar-refractivity contribution in [2.45, 2.75) is 32.6 Å². The topological polar surface area (TPSA) is 63.1 Å². The highest BCUT2D eigenvalue weighted by atomic mass is 16.4. The number of carboxylic acid groups (broad SMARTS) is 1. The highest BCUT2D eigenvalue weighted by Crippen LogP contribution is 2.35. The fourth-order valence-electron chi connectivity index (χ4n) is 2.47. The van der Waals surface area contributed by atoms with E-state index in [1.807, 2.05) is 19.1 Å². The Kier molecular flexibility index (Phi) is 4.02. The fourth-order valence-corrected chi connectivity index (χ4v) is 2.47. The quantitative estimate of drug-likeness (QED) is 0.915. The van der Waals surface area contributed by atoms with Gasteiger partial charge in [0.2, 0.25) is 0 Å². The zero-order valence-corrected chi connectivity index (χ0v) is 12.1. The van der Waals surface area contributed by atoms with Crippen molar-refractivity contribution >= 4 is 5.97 Å². The molecule has 0 aromatic carbocycles. The summed E-state index contributed by atoms with van der Waals surface area (Å²) in [5, 5.41) is 9.38. The largest absolute Gasteiger partial charge is 0.481 e. The van der Waals surface area contributed by atoms with Gasteiger partial charge < -0.3 is 5.11 Å². The summed E-state index contributed by atoms with van der Waals surface area (Å²) in [5.74, 6) is -0.936. The summed E-state index contributed by atoms with van der Waals surface area (Å²) < 4.78 is 0. The Balaban J connectivity index is 2.31. The summed E-state index contributed by atoms with van der Waals surface area (Å²) in [6.45, 7) is 6.15. The first-order valence-electron chi connectivity index (χ1n) is 6.83. The van der Waals surface area contributed by atoms with Gasteiger partial charge in [-0.25, -0.2) is 0 Å². The maximum Gasteiger partial charge on any atom is 0.311 e. The highest BCUT2D eigenvalue weighted by molar-refractivity contribution is 5.75. The second-order valence-electron chi connectivity index (χ2n) is 5.83. The molecule has 2 unspecified atom stereocenters. The van der Waals surface area contributed by atoms with Crippen LogP contribution in [-0.2, 0) is 16.6 Å². The van der Waals surface area contributed by atoms with Crippen LogP contribution in [-0.4, -0.2) is 21.0 Å². The minimum atomic E-state index is -0.846.